The highest BCUT2D eigenvalue weighted by molar-refractivity contribution is 6.18. The van der Waals surface area contributed by atoms with Crippen molar-refractivity contribution in [2.75, 3.05) is 12.5 Å². The Labute approximate surface area is 88.9 Å². The molecule has 1 fully saturated rings. The molecule has 1 saturated heterocycles. The Hall–Kier alpha value is -0.480. The Balaban J connectivity index is 2.31. The number of nitrogens with one attached hydrogen (secondary N) is 1. The number of carbonyl (C=O) groups excluding carboxylic acids is 1. The average Bonchev–Trinajstić information content (AvgIpc) is 2.78. The van der Waals surface area contributed by atoms with Gasteiger partial charge < -0.3 is 14.8 Å². The number of amides is 1. The summed E-state index contributed by atoms with van der Waals surface area (Å²) in [5, 5.41) is 2.67. The molecule has 0 aliphatic carbocycles. The maximum atomic E-state index is 11.3. The van der Waals surface area contributed by atoms with Crippen LogP contribution in [-0.2, 0) is 9.47 Å². The van der Waals surface area contributed by atoms with Crippen molar-refractivity contribution in [1.29, 1.82) is 0 Å². The Morgan fingerprint density at radius 3 is 2.64 bits per heavy atom. The maximum absolute atomic E-state index is 11.3. The van der Waals surface area contributed by atoms with E-state index in [1.54, 1.807) is 0 Å². The highest BCUT2D eigenvalue weighted by atomic mass is 35.5. The largest absolute Gasteiger partial charge is 0.444 e. The Morgan fingerprint density at radius 1 is 1.71 bits per heavy atom. The van der Waals surface area contributed by atoms with Gasteiger partial charge in [0.15, 0.2) is 0 Å². The molecule has 0 radical (unpaired) electrons. The van der Waals surface area contributed by atoms with Crippen LogP contribution in [-0.4, -0.2) is 36.3 Å². The molecule has 82 valence electrons. The van der Waals surface area contributed by atoms with Gasteiger partial charge in [-0.15, -0.1) is 11.6 Å². The molecule has 0 bridgehead atoms. The summed E-state index contributed by atoms with van der Waals surface area (Å²) < 4.78 is 10.1. The molecule has 1 aliphatic heterocycles. The minimum absolute atomic E-state index is 0.0556. The lowest BCUT2D eigenvalue weighted by atomic mass is 10.2. The Bertz CT molecular complexity index is 211. The van der Waals surface area contributed by atoms with E-state index in [0.29, 0.717) is 12.5 Å². The molecule has 1 amide bonds. The van der Waals surface area contributed by atoms with Gasteiger partial charge in [0.1, 0.15) is 11.7 Å². The molecule has 1 heterocycles. The summed E-state index contributed by atoms with van der Waals surface area (Å²) in [6.45, 7) is 6.11. The monoisotopic (exact) mass is 221 g/mol. The van der Waals surface area contributed by atoms with Crippen LogP contribution >= 0.6 is 11.6 Å². The van der Waals surface area contributed by atoms with Gasteiger partial charge in [0, 0.05) is 5.88 Å². The first-order chi connectivity index (χ1) is 6.42. The smallest absolute Gasteiger partial charge is 0.408 e. The van der Waals surface area contributed by atoms with Crippen molar-refractivity contribution in [2.24, 2.45) is 0 Å². The molecule has 0 saturated carbocycles. The van der Waals surface area contributed by atoms with Crippen molar-refractivity contribution in [1.82, 2.24) is 5.32 Å². The first-order valence-corrected chi connectivity index (χ1v) is 5.13. The van der Waals surface area contributed by atoms with Crippen LogP contribution in [0, 0.1) is 0 Å². The second kappa shape index (κ2) is 4.36. The zero-order valence-electron chi connectivity index (χ0n) is 8.67. The molecule has 5 heteroatoms. The summed E-state index contributed by atoms with van der Waals surface area (Å²) in [6.07, 6.45) is -0.390. The van der Waals surface area contributed by atoms with Crippen LogP contribution in [0.15, 0.2) is 0 Å². The molecule has 0 aromatic heterocycles. The minimum Gasteiger partial charge on any atom is -0.444 e. The van der Waals surface area contributed by atoms with Gasteiger partial charge in [-0.3, -0.25) is 0 Å². The molecule has 0 unspecified atom stereocenters. The third-order valence-electron chi connectivity index (χ3n) is 1.68. The van der Waals surface area contributed by atoms with E-state index in [0.717, 1.165) is 0 Å². The molecule has 4 nitrogen and oxygen atoms in total. The zero-order chi connectivity index (χ0) is 10.8. The number of rotatable bonds is 3. The first-order valence-electron chi connectivity index (χ1n) is 4.59. The van der Waals surface area contributed by atoms with Crippen LogP contribution in [0.2, 0.25) is 0 Å². The van der Waals surface area contributed by atoms with E-state index in [-0.39, 0.29) is 12.1 Å². The van der Waals surface area contributed by atoms with E-state index >= 15 is 0 Å². The first kappa shape index (κ1) is 11.6. The zero-order valence-corrected chi connectivity index (χ0v) is 9.43. The fraction of sp³-hybridized carbons (Fsp3) is 0.889. The molecular weight excluding hydrogens is 206 g/mol. The second-order valence-corrected chi connectivity index (χ2v) is 4.59. The number of epoxide rings is 1. The van der Waals surface area contributed by atoms with Gasteiger partial charge in [0.05, 0.1) is 12.6 Å². The topological polar surface area (TPSA) is 50.9 Å². The molecule has 0 aromatic rings. The van der Waals surface area contributed by atoms with Gasteiger partial charge in [-0.1, -0.05) is 0 Å². The molecule has 2 atom stereocenters. The van der Waals surface area contributed by atoms with E-state index in [1.165, 1.54) is 0 Å². The molecule has 0 aromatic carbocycles. The molecule has 1 aliphatic rings. The molecule has 0 spiro atoms. The standard InChI is InChI=1S/C9H16ClNO3/c1-9(2,3)14-8(12)11-6(4-10)7-5-13-7/h6-7H,4-5H2,1-3H3,(H,11,12)/t6-,7+/m0/s1. The fourth-order valence-corrected chi connectivity index (χ4v) is 1.25. The predicted octanol–water partition coefficient (Wildman–Crippen LogP) is 1.52. The molecule has 14 heavy (non-hydrogen) atoms. The Morgan fingerprint density at radius 2 is 2.29 bits per heavy atom. The predicted molar refractivity (Wildman–Crippen MR) is 53.6 cm³/mol. The highest BCUT2D eigenvalue weighted by Gasteiger charge is 2.34. The van der Waals surface area contributed by atoms with E-state index < -0.39 is 11.7 Å². The van der Waals surface area contributed by atoms with Gasteiger partial charge in [-0.05, 0) is 20.8 Å². The normalized spacial score (nSPS) is 22.7. The summed E-state index contributed by atoms with van der Waals surface area (Å²) in [5.74, 6) is 0.337. The van der Waals surface area contributed by atoms with Crippen LogP contribution in [0.25, 0.3) is 0 Å². The lowest BCUT2D eigenvalue weighted by Crippen LogP contribution is -2.43. The third kappa shape index (κ3) is 4.15. The number of hydrogen-bond donors (Lipinski definition) is 1. The van der Waals surface area contributed by atoms with Crippen LogP contribution in [0.5, 0.6) is 0 Å². The minimum atomic E-state index is -0.481. The summed E-state index contributed by atoms with van der Waals surface area (Å²) in [6, 6.07) is -0.147. The lowest BCUT2D eigenvalue weighted by Gasteiger charge is -2.21. The maximum Gasteiger partial charge on any atom is 0.408 e. The van der Waals surface area contributed by atoms with E-state index in [9.17, 15) is 4.79 Å². The molecule has 1 rings (SSSR count). The van der Waals surface area contributed by atoms with E-state index in [1.807, 2.05) is 20.8 Å². The summed E-state index contributed by atoms with van der Waals surface area (Å²) >= 11 is 5.67. The van der Waals surface area contributed by atoms with Crippen molar-refractivity contribution in [3.63, 3.8) is 0 Å². The quantitative estimate of drug-likeness (QED) is 0.581. The second-order valence-electron chi connectivity index (χ2n) is 4.28. The number of hydrogen-bond acceptors (Lipinski definition) is 3. The van der Waals surface area contributed by atoms with Crippen molar-refractivity contribution < 1.29 is 14.3 Å². The van der Waals surface area contributed by atoms with Crippen LogP contribution in [0.1, 0.15) is 20.8 Å². The van der Waals surface area contributed by atoms with Gasteiger partial charge in [0.2, 0.25) is 0 Å². The van der Waals surface area contributed by atoms with Crippen molar-refractivity contribution in [3.05, 3.63) is 0 Å². The van der Waals surface area contributed by atoms with E-state index in [2.05, 4.69) is 5.32 Å². The van der Waals surface area contributed by atoms with Gasteiger partial charge in [0.25, 0.3) is 0 Å². The third-order valence-corrected chi connectivity index (χ3v) is 2.01. The highest BCUT2D eigenvalue weighted by Crippen LogP contribution is 2.16. The van der Waals surface area contributed by atoms with Crippen molar-refractivity contribution >= 4 is 17.7 Å². The fourth-order valence-electron chi connectivity index (χ4n) is 0.978. The van der Waals surface area contributed by atoms with Crippen LogP contribution in [0.4, 0.5) is 4.79 Å². The van der Waals surface area contributed by atoms with Crippen LogP contribution in [0.3, 0.4) is 0 Å². The lowest BCUT2D eigenvalue weighted by molar-refractivity contribution is 0.0501. The number of ether oxygens (including phenoxy) is 2. The van der Waals surface area contributed by atoms with E-state index in [4.69, 9.17) is 21.1 Å². The number of alkyl carbamates (subject to hydrolysis) is 1. The SMILES string of the molecule is CC(C)(C)OC(=O)N[C@@H](CCl)[C@H]1CO1. The number of alkyl halides is 1. The van der Waals surface area contributed by atoms with Crippen LogP contribution < -0.4 is 5.32 Å². The Kier molecular flexibility index (Phi) is 3.61. The number of carbonyl (C=O) groups is 1. The van der Waals surface area contributed by atoms with Gasteiger partial charge in [-0.25, -0.2) is 4.79 Å². The average molecular weight is 222 g/mol. The van der Waals surface area contributed by atoms with Gasteiger partial charge in [-0.2, -0.15) is 0 Å². The molecular formula is C9H16ClNO3. The summed E-state index contributed by atoms with van der Waals surface area (Å²) in [7, 11) is 0. The summed E-state index contributed by atoms with van der Waals surface area (Å²) in [5.41, 5.74) is -0.481. The summed E-state index contributed by atoms with van der Waals surface area (Å²) in [4.78, 5) is 11.3. The van der Waals surface area contributed by atoms with Gasteiger partial charge >= 0.3 is 6.09 Å². The van der Waals surface area contributed by atoms with Crippen molar-refractivity contribution in [2.45, 2.75) is 38.5 Å². The van der Waals surface area contributed by atoms with Crippen molar-refractivity contribution in [3.8, 4) is 0 Å². The number of halogens is 1. The molecule has 1 N–H and O–H groups in total.